The SMILES string of the molecule is CCN(C)/C=N/c1cc(C)c(Cc2ccc(-c3ccccc3F)cc2)cc1C. The molecule has 0 aromatic heterocycles. The van der Waals surface area contributed by atoms with Crippen LogP contribution in [0.25, 0.3) is 11.1 Å². The minimum Gasteiger partial charge on any atom is -0.366 e. The van der Waals surface area contributed by atoms with E-state index in [0.29, 0.717) is 5.56 Å². The molecule has 3 rings (SSSR count). The molecule has 0 atom stereocenters. The van der Waals surface area contributed by atoms with Crippen LogP contribution in [-0.2, 0) is 6.42 Å². The van der Waals surface area contributed by atoms with Crippen LogP contribution >= 0.6 is 0 Å². The molecule has 0 fully saturated rings. The molecule has 0 spiro atoms. The fourth-order valence-corrected chi connectivity index (χ4v) is 3.15. The van der Waals surface area contributed by atoms with Gasteiger partial charge in [0.25, 0.3) is 0 Å². The molecule has 0 saturated carbocycles. The maximum atomic E-state index is 14.0. The molecule has 0 unspecified atom stereocenters. The Labute approximate surface area is 167 Å². The molecule has 3 heteroatoms. The summed E-state index contributed by atoms with van der Waals surface area (Å²) in [6, 6.07) is 19.4. The van der Waals surface area contributed by atoms with Crippen molar-refractivity contribution in [2.45, 2.75) is 27.2 Å². The second-order valence-electron chi connectivity index (χ2n) is 7.24. The van der Waals surface area contributed by atoms with E-state index < -0.39 is 0 Å². The minimum atomic E-state index is -0.188. The average Bonchev–Trinajstić information content (AvgIpc) is 2.70. The molecule has 144 valence electrons. The van der Waals surface area contributed by atoms with Crippen LogP contribution in [-0.4, -0.2) is 24.8 Å². The lowest BCUT2D eigenvalue weighted by Crippen LogP contribution is -2.14. The number of rotatable bonds is 6. The zero-order valence-corrected chi connectivity index (χ0v) is 17.0. The van der Waals surface area contributed by atoms with Gasteiger partial charge < -0.3 is 4.90 Å². The molecule has 0 aliphatic carbocycles. The van der Waals surface area contributed by atoms with Crippen molar-refractivity contribution in [3.63, 3.8) is 0 Å². The van der Waals surface area contributed by atoms with Gasteiger partial charge in [0.15, 0.2) is 0 Å². The third-order valence-corrected chi connectivity index (χ3v) is 5.08. The number of aliphatic imine (C=N–C) groups is 1. The van der Waals surface area contributed by atoms with Gasteiger partial charge in [-0.1, -0.05) is 48.5 Å². The average molecular weight is 375 g/mol. The first kappa shape index (κ1) is 19.8. The number of aryl methyl sites for hydroxylation is 2. The number of hydrogen-bond acceptors (Lipinski definition) is 1. The van der Waals surface area contributed by atoms with Crippen LogP contribution in [0, 0.1) is 19.7 Å². The summed E-state index contributed by atoms with van der Waals surface area (Å²) in [4.78, 5) is 6.66. The molecule has 0 saturated heterocycles. The summed E-state index contributed by atoms with van der Waals surface area (Å²) in [5.41, 5.74) is 7.46. The predicted octanol–water partition coefficient (Wildman–Crippen LogP) is 6.31. The monoisotopic (exact) mass is 374 g/mol. The van der Waals surface area contributed by atoms with Gasteiger partial charge in [-0.15, -0.1) is 0 Å². The van der Waals surface area contributed by atoms with E-state index in [-0.39, 0.29) is 5.82 Å². The molecule has 0 aliphatic heterocycles. The van der Waals surface area contributed by atoms with Gasteiger partial charge in [-0.3, -0.25) is 0 Å². The largest absolute Gasteiger partial charge is 0.366 e. The highest BCUT2D eigenvalue weighted by Crippen LogP contribution is 2.27. The third kappa shape index (κ3) is 4.66. The van der Waals surface area contributed by atoms with Crippen LogP contribution in [0.4, 0.5) is 10.1 Å². The summed E-state index contributed by atoms with van der Waals surface area (Å²) in [6.07, 6.45) is 2.73. The van der Waals surface area contributed by atoms with Gasteiger partial charge in [0.2, 0.25) is 0 Å². The van der Waals surface area contributed by atoms with Gasteiger partial charge in [0.1, 0.15) is 5.82 Å². The number of hydrogen-bond donors (Lipinski definition) is 0. The lowest BCUT2D eigenvalue weighted by atomic mass is 9.96. The fourth-order valence-electron chi connectivity index (χ4n) is 3.15. The van der Waals surface area contributed by atoms with E-state index >= 15 is 0 Å². The molecule has 0 heterocycles. The fraction of sp³-hybridized carbons (Fsp3) is 0.240. The minimum absolute atomic E-state index is 0.188. The topological polar surface area (TPSA) is 15.6 Å². The van der Waals surface area contributed by atoms with Crippen LogP contribution in [0.15, 0.2) is 65.7 Å². The highest BCUT2D eigenvalue weighted by molar-refractivity contribution is 5.65. The first-order valence-corrected chi connectivity index (χ1v) is 9.66. The van der Waals surface area contributed by atoms with Gasteiger partial charge in [0, 0.05) is 19.2 Å². The molecular formula is C25H27FN2. The Balaban J connectivity index is 1.79. The molecular weight excluding hydrogens is 347 g/mol. The van der Waals surface area contributed by atoms with Gasteiger partial charge in [-0.25, -0.2) is 9.38 Å². The first-order valence-electron chi connectivity index (χ1n) is 9.66. The van der Waals surface area contributed by atoms with Crippen LogP contribution in [0.3, 0.4) is 0 Å². The Bertz CT molecular complexity index is 974. The van der Waals surface area contributed by atoms with Crippen molar-refractivity contribution in [3.8, 4) is 11.1 Å². The zero-order chi connectivity index (χ0) is 20.1. The molecule has 0 bridgehead atoms. The van der Waals surface area contributed by atoms with Crippen molar-refractivity contribution >= 4 is 12.0 Å². The number of halogens is 1. The Hall–Kier alpha value is -2.94. The summed E-state index contributed by atoms with van der Waals surface area (Å²) in [6.45, 7) is 7.26. The standard InChI is InChI=1S/C25H27FN2/c1-5-28(4)17-27-25-15-18(2)22(14-19(25)3)16-20-10-12-21(13-11-20)23-8-6-7-9-24(23)26/h6-15,17H,5,16H2,1-4H3/b27-17+. The Morgan fingerprint density at radius 1 is 0.964 bits per heavy atom. The van der Waals surface area contributed by atoms with Crippen LogP contribution in [0.5, 0.6) is 0 Å². The van der Waals surface area contributed by atoms with Crippen molar-refractivity contribution in [2.75, 3.05) is 13.6 Å². The van der Waals surface area contributed by atoms with E-state index in [1.807, 2.05) is 37.7 Å². The third-order valence-electron chi connectivity index (χ3n) is 5.08. The summed E-state index contributed by atoms with van der Waals surface area (Å²) >= 11 is 0. The van der Waals surface area contributed by atoms with E-state index in [2.05, 4.69) is 54.9 Å². The Morgan fingerprint density at radius 3 is 2.36 bits per heavy atom. The van der Waals surface area contributed by atoms with Gasteiger partial charge >= 0.3 is 0 Å². The molecule has 3 aromatic rings. The smallest absolute Gasteiger partial charge is 0.131 e. The van der Waals surface area contributed by atoms with E-state index in [1.54, 1.807) is 6.07 Å². The quantitative estimate of drug-likeness (QED) is 0.364. The molecule has 0 amide bonds. The van der Waals surface area contributed by atoms with E-state index in [1.165, 1.54) is 28.3 Å². The molecule has 0 aliphatic rings. The molecule has 2 nitrogen and oxygen atoms in total. The molecule has 3 aromatic carbocycles. The van der Waals surface area contributed by atoms with Gasteiger partial charge in [0.05, 0.1) is 12.0 Å². The van der Waals surface area contributed by atoms with Crippen LogP contribution in [0.2, 0.25) is 0 Å². The Morgan fingerprint density at radius 2 is 1.68 bits per heavy atom. The van der Waals surface area contributed by atoms with E-state index in [4.69, 9.17) is 0 Å². The predicted molar refractivity (Wildman–Crippen MR) is 117 cm³/mol. The van der Waals surface area contributed by atoms with Gasteiger partial charge in [-0.05, 0) is 67.1 Å². The van der Waals surface area contributed by atoms with Crippen LogP contribution in [0.1, 0.15) is 29.2 Å². The lowest BCUT2D eigenvalue weighted by molar-refractivity contribution is 0.552. The maximum absolute atomic E-state index is 14.0. The molecule has 0 N–H and O–H groups in total. The summed E-state index contributed by atoms with van der Waals surface area (Å²) in [5.74, 6) is -0.188. The maximum Gasteiger partial charge on any atom is 0.131 e. The summed E-state index contributed by atoms with van der Waals surface area (Å²) in [5, 5.41) is 0. The second-order valence-corrected chi connectivity index (χ2v) is 7.24. The van der Waals surface area contributed by atoms with Crippen molar-refractivity contribution in [2.24, 2.45) is 4.99 Å². The van der Waals surface area contributed by atoms with Gasteiger partial charge in [-0.2, -0.15) is 0 Å². The van der Waals surface area contributed by atoms with E-state index in [9.17, 15) is 4.39 Å². The normalized spacial score (nSPS) is 11.2. The molecule has 0 radical (unpaired) electrons. The zero-order valence-electron chi connectivity index (χ0n) is 17.0. The van der Waals surface area contributed by atoms with E-state index in [0.717, 1.165) is 24.2 Å². The molecule has 28 heavy (non-hydrogen) atoms. The van der Waals surface area contributed by atoms with Crippen molar-refractivity contribution in [1.29, 1.82) is 0 Å². The second kappa shape index (κ2) is 8.83. The highest BCUT2D eigenvalue weighted by Gasteiger charge is 2.07. The summed E-state index contributed by atoms with van der Waals surface area (Å²) < 4.78 is 14.0. The van der Waals surface area contributed by atoms with Crippen molar-refractivity contribution < 1.29 is 4.39 Å². The van der Waals surface area contributed by atoms with Crippen molar-refractivity contribution in [3.05, 3.63) is 88.7 Å². The Kier molecular flexibility index (Phi) is 6.25. The summed E-state index contributed by atoms with van der Waals surface area (Å²) in [7, 11) is 2.02. The lowest BCUT2D eigenvalue weighted by Gasteiger charge is -2.12. The first-order chi connectivity index (χ1) is 13.5. The van der Waals surface area contributed by atoms with Crippen LogP contribution < -0.4 is 0 Å². The highest BCUT2D eigenvalue weighted by atomic mass is 19.1. The number of nitrogens with zero attached hydrogens (tertiary/aromatic N) is 2. The number of benzene rings is 3. The van der Waals surface area contributed by atoms with Crippen molar-refractivity contribution in [1.82, 2.24) is 4.90 Å².